The first-order chi connectivity index (χ1) is 9.61. The maximum absolute atomic E-state index is 12.2. The van der Waals surface area contributed by atoms with Gasteiger partial charge in [-0.15, -0.1) is 12.4 Å². The highest BCUT2D eigenvalue weighted by atomic mass is 35.5. The van der Waals surface area contributed by atoms with Gasteiger partial charge >= 0.3 is 0 Å². The van der Waals surface area contributed by atoms with Crippen molar-refractivity contribution < 1.29 is 14.3 Å². The van der Waals surface area contributed by atoms with Crippen molar-refractivity contribution in [2.45, 2.75) is 32.1 Å². The number of carbonyl (C=O) groups is 1. The monoisotopic (exact) mass is 314 g/mol. The van der Waals surface area contributed by atoms with Crippen LogP contribution in [-0.2, 0) is 14.3 Å². The lowest BCUT2D eigenvalue weighted by atomic mass is 10.1. The zero-order valence-electron chi connectivity index (χ0n) is 12.6. The Kier molecular flexibility index (Phi) is 7.11. The second-order valence-corrected chi connectivity index (χ2v) is 5.00. The quantitative estimate of drug-likeness (QED) is 0.894. The van der Waals surface area contributed by atoms with Crippen LogP contribution in [0, 0.1) is 0 Å². The standard InChI is InChI=1S/C15H22N2O3.ClH/c1-10(19-3)12-5-4-6-13(9-12)17-15(18)14-11(2)20-8-7-16-14;/h4-6,9-11,14,16H,7-8H2,1-3H3,(H,17,18);1H/t10?,11-,14+;/m1./s1. The third-order valence-electron chi connectivity index (χ3n) is 3.58. The number of benzene rings is 1. The van der Waals surface area contributed by atoms with Crippen molar-refractivity contribution in [3.05, 3.63) is 29.8 Å². The molecule has 5 nitrogen and oxygen atoms in total. The molecule has 0 saturated carbocycles. The number of hydrogen-bond acceptors (Lipinski definition) is 4. The molecule has 0 bridgehead atoms. The Morgan fingerprint density at radius 2 is 2.29 bits per heavy atom. The Balaban J connectivity index is 0.00000220. The fraction of sp³-hybridized carbons (Fsp3) is 0.533. The lowest BCUT2D eigenvalue weighted by Gasteiger charge is -2.29. The van der Waals surface area contributed by atoms with E-state index < -0.39 is 0 Å². The van der Waals surface area contributed by atoms with Gasteiger partial charge in [-0.2, -0.15) is 0 Å². The molecule has 6 heteroatoms. The third-order valence-corrected chi connectivity index (χ3v) is 3.58. The summed E-state index contributed by atoms with van der Waals surface area (Å²) in [4.78, 5) is 12.2. The summed E-state index contributed by atoms with van der Waals surface area (Å²) in [5.41, 5.74) is 1.81. The van der Waals surface area contributed by atoms with Gasteiger partial charge in [0.05, 0.1) is 18.8 Å². The van der Waals surface area contributed by atoms with Crippen LogP contribution >= 0.6 is 12.4 Å². The Labute approximate surface area is 131 Å². The first-order valence-electron chi connectivity index (χ1n) is 6.90. The van der Waals surface area contributed by atoms with Crippen molar-refractivity contribution in [3.8, 4) is 0 Å². The number of anilines is 1. The van der Waals surface area contributed by atoms with Gasteiger partial charge in [-0.3, -0.25) is 4.79 Å². The number of morpholine rings is 1. The maximum atomic E-state index is 12.2. The average molecular weight is 315 g/mol. The Hall–Kier alpha value is -1.14. The fourth-order valence-electron chi connectivity index (χ4n) is 2.25. The van der Waals surface area contributed by atoms with Crippen LogP contribution in [0.3, 0.4) is 0 Å². The first kappa shape index (κ1) is 17.9. The zero-order valence-corrected chi connectivity index (χ0v) is 13.4. The fourth-order valence-corrected chi connectivity index (χ4v) is 2.25. The molecule has 1 amide bonds. The summed E-state index contributed by atoms with van der Waals surface area (Å²) < 4.78 is 10.8. The molecule has 0 spiro atoms. The highest BCUT2D eigenvalue weighted by Crippen LogP contribution is 2.20. The second-order valence-electron chi connectivity index (χ2n) is 5.00. The minimum atomic E-state index is -0.313. The van der Waals surface area contributed by atoms with E-state index in [1.165, 1.54) is 0 Å². The Morgan fingerprint density at radius 1 is 1.52 bits per heavy atom. The van der Waals surface area contributed by atoms with Gasteiger partial charge in [-0.05, 0) is 31.5 Å². The van der Waals surface area contributed by atoms with E-state index in [4.69, 9.17) is 9.47 Å². The number of halogens is 1. The molecule has 1 aliphatic rings. The van der Waals surface area contributed by atoms with E-state index >= 15 is 0 Å². The molecule has 3 atom stereocenters. The molecule has 1 aromatic rings. The number of ether oxygens (including phenoxy) is 2. The molecule has 118 valence electrons. The van der Waals surface area contributed by atoms with Gasteiger partial charge in [-0.25, -0.2) is 0 Å². The van der Waals surface area contributed by atoms with Crippen molar-refractivity contribution >= 4 is 24.0 Å². The molecule has 0 radical (unpaired) electrons. The highest BCUT2D eigenvalue weighted by Gasteiger charge is 2.28. The highest BCUT2D eigenvalue weighted by molar-refractivity contribution is 5.95. The van der Waals surface area contributed by atoms with Gasteiger partial charge in [0.1, 0.15) is 6.04 Å². The molecule has 1 aliphatic heterocycles. The van der Waals surface area contributed by atoms with Crippen LogP contribution < -0.4 is 10.6 Å². The van der Waals surface area contributed by atoms with Crippen LogP contribution in [0.25, 0.3) is 0 Å². The van der Waals surface area contributed by atoms with Gasteiger partial charge in [0.2, 0.25) is 5.91 Å². The van der Waals surface area contributed by atoms with Gasteiger partial charge in [0.25, 0.3) is 0 Å². The molecular weight excluding hydrogens is 292 g/mol. The van der Waals surface area contributed by atoms with E-state index in [0.29, 0.717) is 13.2 Å². The summed E-state index contributed by atoms with van der Waals surface area (Å²) >= 11 is 0. The predicted molar refractivity (Wildman–Crippen MR) is 84.9 cm³/mol. The number of methoxy groups -OCH3 is 1. The normalized spacial score (nSPS) is 23.0. The lowest BCUT2D eigenvalue weighted by Crippen LogP contribution is -2.53. The molecule has 1 heterocycles. The first-order valence-corrected chi connectivity index (χ1v) is 6.90. The van der Waals surface area contributed by atoms with Gasteiger partial charge in [0.15, 0.2) is 0 Å². The van der Waals surface area contributed by atoms with E-state index in [0.717, 1.165) is 11.3 Å². The van der Waals surface area contributed by atoms with Crippen molar-refractivity contribution in [1.82, 2.24) is 5.32 Å². The van der Waals surface area contributed by atoms with Crippen LogP contribution in [0.4, 0.5) is 5.69 Å². The molecule has 2 N–H and O–H groups in total. The van der Waals surface area contributed by atoms with E-state index in [1.54, 1.807) is 7.11 Å². The smallest absolute Gasteiger partial charge is 0.244 e. The van der Waals surface area contributed by atoms with Gasteiger partial charge < -0.3 is 20.1 Å². The molecule has 21 heavy (non-hydrogen) atoms. The SMILES string of the molecule is COC(C)c1cccc(NC(=O)[C@H]2NCCO[C@@H]2C)c1.Cl. The second kappa shape index (κ2) is 8.34. The Morgan fingerprint density at radius 3 is 2.95 bits per heavy atom. The summed E-state index contributed by atoms with van der Waals surface area (Å²) in [6.07, 6.45) is -0.119. The number of hydrogen-bond donors (Lipinski definition) is 2. The van der Waals surface area contributed by atoms with E-state index in [-0.39, 0.29) is 36.6 Å². The predicted octanol–water partition coefficient (Wildman–Crippen LogP) is 2.13. The number of amides is 1. The zero-order chi connectivity index (χ0) is 14.5. The summed E-state index contributed by atoms with van der Waals surface area (Å²) in [5.74, 6) is -0.0700. The number of rotatable bonds is 4. The van der Waals surface area contributed by atoms with Crippen LogP contribution in [-0.4, -0.2) is 38.3 Å². The van der Waals surface area contributed by atoms with Gasteiger partial charge in [-0.1, -0.05) is 12.1 Å². The van der Waals surface area contributed by atoms with Crippen molar-refractivity contribution in [2.75, 3.05) is 25.6 Å². The van der Waals surface area contributed by atoms with E-state index in [1.807, 2.05) is 38.1 Å². The van der Waals surface area contributed by atoms with Crippen LogP contribution in [0.15, 0.2) is 24.3 Å². The molecule has 1 aromatic carbocycles. The molecule has 1 unspecified atom stereocenters. The van der Waals surface area contributed by atoms with Gasteiger partial charge in [0, 0.05) is 19.3 Å². The summed E-state index contributed by atoms with van der Waals surface area (Å²) in [6.45, 7) is 5.22. The van der Waals surface area contributed by atoms with Crippen molar-refractivity contribution in [2.24, 2.45) is 0 Å². The van der Waals surface area contributed by atoms with E-state index in [9.17, 15) is 4.79 Å². The summed E-state index contributed by atoms with van der Waals surface area (Å²) in [6, 6.07) is 7.38. The van der Waals surface area contributed by atoms with Crippen LogP contribution in [0.1, 0.15) is 25.5 Å². The molecule has 0 aromatic heterocycles. The van der Waals surface area contributed by atoms with Crippen LogP contribution in [0.5, 0.6) is 0 Å². The molecule has 0 aliphatic carbocycles. The lowest BCUT2D eigenvalue weighted by molar-refractivity contribution is -0.123. The Bertz CT molecular complexity index is 470. The molecule has 2 rings (SSSR count). The molecular formula is C15H23ClN2O3. The van der Waals surface area contributed by atoms with Crippen molar-refractivity contribution in [3.63, 3.8) is 0 Å². The molecule has 1 saturated heterocycles. The average Bonchev–Trinajstić information content (AvgIpc) is 2.47. The minimum Gasteiger partial charge on any atom is -0.377 e. The van der Waals surface area contributed by atoms with Crippen molar-refractivity contribution in [1.29, 1.82) is 0 Å². The topological polar surface area (TPSA) is 59.6 Å². The minimum absolute atomic E-state index is 0. The maximum Gasteiger partial charge on any atom is 0.244 e. The number of carbonyl (C=O) groups excluding carboxylic acids is 1. The summed E-state index contributed by atoms with van der Waals surface area (Å²) in [5, 5.41) is 6.10. The molecule has 1 fully saturated rings. The largest absolute Gasteiger partial charge is 0.377 e. The van der Waals surface area contributed by atoms with E-state index in [2.05, 4.69) is 10.6 Å². The summed E-state index contributed by atoms with van der Waals surface area (Å²) in [7, 11) is 1.67. The third kappa shape index (κ3) is 4.68. The number of nitrogens with one attached hydrogen (secondary N) is 2. The van der Waals surface area contributed by atoms with Crippen LogP contribution in [0.2, 0.25) is 0 Å².